The Morgan fingerprint density at radius 1 is 1.03 bits per heavy atom. The van der Waals surface area contributed by atoms with Gasteiger partial charge in [0.05, 0.1) is 7.11 Å². The second-order valence-corrected chi connectivity index (χ2v) is 9.47. The molecule has 2 aromatic rings. The molecule has 186 valence electrons. The fourth-order valence-electron chi connectivity index (χ4n) is 3.79. The van der Waals surface area contributed by atoms with Crippen molar-refractivity contribution in [3.63, 3.8) is 0 Å². The van der Waals surface area contributed by atoms with Crippen molar-refractivity contribution >= 4 is 11.8 Å². The molecular weight excluding hydrogens is 428 g/mol. The highest BCUT2D eigenvalue weighted by Gasteiger charge is 2.29. The summed E-state index contributed by atoms with van der Waals surface area (Å²) in [7, 11) is 1.62. The first-order chi connectivity index (χ1) is 16.2. The van der Waals surface area contributed by atoms with E-state index < -0.39 is 6.04 Å². The van der Waals surface area contributed by atoms with Gasteiger partial charge < -0.3 is 19.7 Å². The zero-order valence-corrected chi connectivity index (χ0v) is 21.5. The largest absolute Gasteiger partial charge is 0.497 e. The van der Waals surface area contributed by atoms with E-state index in [1.54, 1.807) is 12.0 Å². The van der Waals surface area contributed by atoms with E-state index in [0.29, 0.717) is 25.3 Å². The van der Waals surface area contributed by atoms with Gasteiger partial charge in [-0.05, 0) is 47.6 Å². The van der Waals surface area contributed by atoms with Gasteiger partial charge in [-0.3, -0.25) is 9.59 Å². The minimum atomic E-state index is -0.576. The zero-order valence-electron chi connectivity index (χ0n) is 21.5. The molecule has 0 aliphatic carbocycles. The van der Waals surface area contributed by atoms with E-state index in [-0.39, 0.29) is 23.8 Å². The van der Waals surface area contributed by atoms with Gasteiger partial charge in [-0.1, -0.05) is 71.4 Å². The number of rotatable bonds is 12. The molecule has 2 amide bonds. The summed E-state index contributed by atoms with van der Waals surface area (Å²) >= 11 is 0. The van der Waals surface area contributed by atoms with E-state index in [1.807, 2.05) is 55.5 Å². The molecule has 34 heavy (non-hydrogen) atoms. The first-order valence-electron chi connectivity index (χ1n) is 12.1. The van der Waals surface area contributed by atoms with Gasteiger partial charge in [-0.2, -0.15) is 0 Å². The average molecular weight is 469 g/mol. The molecule has 0 aliphatic rings. The lowest BCUT2D eigenvalue weighted by atomic mass is 9.86. The summed E-state index contributed by atoms with van der Waals surface area (Å²) in [4.78, 5) is 28.0. The monoisotopic (exact) mass is 468 g/mol. The molecule has 0 aromatic heterocycles. The molecular formula is C28H40N2O4. The van der Waals surface area contributed by atoms with Crippen molar-refractivity contribution in [2.45, 2.75) is 71.9 Å². The Bertz CT molecular complexity index is 919. The first kappa shape index (κ1) is 27.2. The Hall–Kier alpha value is -3.02. The van der Waals surface area contributed by atoms with E-state index in [2.05, 4.69) is 33.0 Å². The standard InChI is InChI=1S/C28H40N2O4/c1-7-9-18-29-27(32)24(8-2)30(19-21-14-16-22(33-6)17-15-21)26(31)20-34-25-13-11-10-12-23(25)28(3,4)5/h10-17,24H,7-9,18-20H2,1-6H3,(H,29,32)/t24-/m0/s1. The predicted molar refractivity (Wildman–Crippen MR) is 136 cm³/mol. The smallest absolute Gasteiger partial charge is 0.261 e. The minimum Gasteiger partial charge on any atom is -0.497 e. The second-order valence-electron chi connectivity index (χ2n) is 9.47. The molecule has 0 spiro atoms. The molecule has 6 heteroatoms. The SMILES string of the molecule is CCCCNC(=O)[C@H](CC)N(Cc1ccc(OC)cc1)C(=O)COc1ccccc1C(C)(C)C. The Balaban J connectivity index is 2.24. The van der Waals surface area contributed by atoms with Crippen molar-refractivity contribution in [3.05, 3.63) is 59.7 Å². The van der Waals surface area contributed by atoms with Gasteiger partial charge in [-0.25, -0.2) is 0 Å². The summed E-state index contributed by atoms with van der Waals surface area (Å²) in [5, 5.41) is 2.98. The maximum atomic E-state index is 13.4. The number of para-hydroxylation sites is 1. The maximum absolute atomic E-state index is 13.4. The lowest BCUT2D eigenvalue weighted by molar-refractivity contribution is -0.143. The third-order valence-corrected chi connectivity index (χ3v) is 5.77. The number of hydrogen-bond acceptors (Lipinski definition) is 4. The lowest BCUT2D eigenvalue weighted by Gasteiger charge is -2.31. The van der Waals surface area contributed by atoms with E-state index >= 15 is 0 Å². The fourth-order valence-corrected chi connectivity index (χ4v) is 3.79. The van der Waals surface area contributed by atoms with Crippen LogP contribution in [0.25, 0.3) is 0 Å². The molecule has 1 atom stereocenters. The molecule has 0 saturated heterocycles. The number of ether oxygens (including phenoxy) is 2. The van der Waals surface area contributed by atoms with Crippen LogP contribution in [0.3, 0.4) is 0 Å². The maximum Gasteiger partial charge on any atom is 0.261 e. The van der Waals surface area contributed by atoms with Crippen LogP contribution in [0.15, 0.2) is 48.5 Å². The van der Waals surface area contributed by atoms with Gasteiger partial charge in [0.1, 0.15) is 17.5 Å². The number of nitrogens with one attached hydrogen (secondary N) is 1. The second kappa shape index (κ2) is 13.0. The number of carbonyl (C=O) groups excluding carboxylic acids is 2. The van der Waals surface area contributed by atoms with Crippen LogP contribution in [-0.4, -0.2) is 43.0 Å². The highest BCUT2D eigenvalue weighted by molar-refractivity contribution is 5.88. The van der Waals surface area contributed by atoms with Crippen LogP contribution in [-0.2, 0) is 21.5 Å². The van der Waals surface area contributed by atoms with Crippen molar-refractivity contribution in [2.75, 3.05) is 20.3 Å². The quantitative estimate of drug-likeness (QED) is 0.440. The van der Waals surface area contributed by atoms with Crippen LogP contribution in [0.2, 0.25) is 0 Å². The van der Waals surface area contributed by atoms with Crippen LogP contribution in [0.4, 0.5) is 0 Å². The molecule has 0 radical (unpaired) electrons. The average Bonchev–Trinajstić information content (AvgIpc) is 2.82. The number of nitrogens with zero attached hydrogens (tertiary/aromatic N) is 1. The number of amides is 2. The Morgan fingerprint density at radius 2 is 1.71 bits per heavy atom. The molecule has 0 heterocycles. The lowest BCUT2D eigenvalue weighted by Crippen LogP contribution is -2.50. The third-order valence-electron chi connectivity index (χ3n) is 5.77. The van der Waals surface area contributed by atoms with Crippen LogP contribution < -0.4 is 14.8 Å². The van der Waals surface area contributed by atoms with Crippen molar-refractivity contribution in [1.29, 1.82) is 0 Å². The molecule has 1 N–H and O–H groups in total. The predicted octanol–water partition coefficient (Wildman–Crippen LogP) is 5.10. The van der Waals surface area contributed by atoms with Crippen molar-refractivity contribution in [2.24, 2.45) is 0 Å². The Kier molecular flexibility index (Phi) is 10.4. The third kappa shape index (κ3) is 7.79. The number of carbonyl (C=O) groups is 2. The Labute approximate surface area is 204 Å². The highest BCUT2D eigenvalue weighted by atomic mass is 16.5. The van der Waals surface area contributed by atoms with E-state index in [0.717, 1.165) is 29.7 Å². The number of unbranched alkanes of at least 4 members (excludes halogenated alkanes) is 1. The fraction of sp³-hybridized carbons (Fsp3) is 0.500. The summed E-state index contributed by atoms with van der Waals surface area (Å²) in [6, 6.07) is 14.7. The molecule has 2 aromatic carbocycles. The number of methoxy groups -OCH3 is 1. The molecule has 6 nitrogen and oxygen atoms in total. The van der Waals surface area contributed by atoms with Gasteiger partial charge in [0.15, 0.2) is 6.61 Å². The van der Waals surface area contributed by atoms with Gasteiger partial charge in [0, 0.05) is 13.1 Å². The van der Waals surface area contributed by atoms with Crippen molar-refractivity contribution in [3.8, 4) is 11.5 Å². The molecule has 0 fully saturated rings. The summed E-state index contributed by atoms with van der Waals surface area (Å²) in [6.07, 6.45) is 2.41. The molecule has 0 bridgehead atoms. The summed E-state index contributed by atoms with van der Waals surface area (Å²) < 4.78 is 11.3. The van der Waals surface area contributed by atoms with Crippen LogP contribution in [0.1, 0.15) is 65.0 Å². The highest BCUT2D eigenvalue weighted by Crippen LogP contribution is 2.31. The molecule has 0 unspecified atom stereocenters. The molecule has 0 aliphatic heterocycles. The van der Waals surface area contributed by atoms with E-state index in [9.17, 15) is 9.59 Å². The summed E-state index contributed by atoms with van der Waals surface area (Å²) in [6.45, 7) is 11.1. The van der Waals surface area contributed by atoms with E-state index in [4.69, 9.17) is 9.47 Å². The van der Waals surface area contributed by atoms with Crippen LogP contribution >= 0.6 is 0 Å². The van der Waals surface area contributed by atoms with Crippen molar-refractivity contribution < 1.29 is 19.1 Å². The number of benzene rings is 2. The first-order valence-corrected chi connectivity index (χ1v) is 12.1. The summed E-state index contributed by atoms with van der Waals surface area (Å²) in [5.41, 5.74) is 1.84. The molecule has 0 saturated carbocycles. The zero-order chi connectivity index (χ0) is 25.1. The minimum absolute atomic E-state index is 0.118. The van der Waals surface area contributed by atoms with Crippen LogP contribution in [0, 0.1) is 0 Å². The summed E-state index contributed by atoms with van der Waals surface area (Å²) in [5.74, 6) is 1.08. The van der Waals surface area contributed by atoms with Crippen molar-refractivity contribution in [1.82, 2.24) is 10.2 Å². The normalized spacial score (nSPS) is 12.1. The van der Waals surface area contributed by atoms with Crippen LogP contribution in [0.5, 0.6) is 11.5 Å². The van der Waals surface area contributed by atoms with Gasteiger partial charge in [0.2, 0.25) is 5.91 Å². The van der Waals surface area contributed by atoms with Gasteiger partial charge in [-0.15, -0.1) is 0 Å². The molecule has 2 rings (SSSR count). The van der Waals surface area contributed by atoms with E-state index in [1.165, 1.54) is 0 Å². The Morgan fingerprint density at radius 3 is 2.29 bits per heavy atom. The number of hydrogen-bond donors (Lipinski definition) is 1. The van der Waals surface area contributed by atoms with Gasteiger partial charge >= 0.3 is 0 Å². The van der Waals surface area contributed by atoms with Gasteiger partial charge in [0.25, 0.3) is 5.91 Å². The topological polar surface area (TPSA) is 67.9 Å².